The van der Waals surface area contributed by atoms with E-state index in [0.29, 0.717) is 11.5 Å². The van der Waals surface area contributed by atoms with Crippen molar-refractivity contribution in [2.45, 2.75) is 6.92 Å². The Labute approximate surface area is 128 Å². The molecular weight excluding hydrogens is 373 g/mol. The van der Waals surface area contributed by atoms with Crippen molar-refractivity contribution in [2.75, 3.05) is 0 Å². The Morgan fingerprint density at radius 3 is 2.30 bits per heavy atom. The molecule has 0 radical (unpaired) electrons. The van der Waals surface area contributed by atoms with E-state index < -0.39 is 4.92 Å². The summed E-state index contributed by atoms with van der Waals surface area (Å²) in [6.45, 7) is 1.29. The standard InChI is InChI=1S/C14H10INO4/c1-9(17)13-8-12(6-7-14(13)16(18)19)20-11-4-2-10(15)3-5-11/h2-8H,1H3. The van der Waals surface area contributed by atoms with Crippen molar-refractivity contribution in [2.24, 2.45) is 0 Å². The third kappa shape index (κ3) is 3.32. The van der Waals surface area contributed by atoms with E-state index in [1.54, 1.807) is 12.1 Å². The molecule has 2 aromatic rings. The first-order valence-electron chi connectivity index (χ1n) is 5.70. The highest BCUT2D eigenvalue weighted by Gasteiger charge is 2.18. The van der Waals surface area contributed by atoms with E-state index in [1.807, 2.05) is 12.1 Å². The van der Waals surface area contributed by atoms with Crippen LogP contribution < -0.4 is 4.74 Å². The van der Waals surface area contributed by atoms with Crippen molar-refractivity contribution in [1.82, 2.24) is 0 Å². The Morgan fingerprint density at radius 2 is 1.75 bits per heavy atom. The number of Topliss-reactive ketones (excluding diaryl/α,β-unsaturated/α-hetero) is 1. The number of carbonyl (C=O) groups is 1. The van der Waals surface area contributed by atoms with Crippen molar-refractivity contribution < 1.29 is 14.5 Å². The van der Waals surface area contributed by atoms with E-state index >= 15 is 0 Å². The number of benzene rings is 2. The summed E-state index contributed by atoms with van der Waals surface area (Å²) in [5, 5.41) is 10.8. The summed E-state index contributed by atoms with van der Waals surface area (Å²) in [5.74, 6) is 0.625. The van der Waals surface area contributed by atoms with Crippen LogP contribution in [0.25, 0.3) is 0 Å². The van der Waals surface area contributed by atoms with Gasteiger partial charge in [-0.1, -0.05) is 0 Å². The fraction of sp³-hybridized carbons (Fsp3) is 0.0714. The first kappa shape index (κ1) is 14.4. The molecule has 0 aliphatic carbocycles. The van der Waals surface area contributed by atoms with Crippen molar-refractivity contribution in [1.29, 1.82) is 0 Å². The average molecular weight is 383 g/mol. The second-order valence-electron chi connectivity index (χ2n) is 4.05. The van der Waals surface area contributed by atoms with Gasteiger partial charge in [0.2, 0.25) is 0 Å². The molecule has 0 fully saturated rings. The topological polar surface area (TPSA) is 69.4 Å². The summed E-state index contributed by atoms with van der Waals surface area (Å²) in [6, 6.07) is 11.5. The number of ketones is 1. The summed E-state index contributed by atoms with van der Waals surface area (Å²) in [6.07, 6.45) is 0. The molecule has 2 aromatic carbocycles. The summed E-state index contributed by atoms with van der Waals surface area (Å²) < 4.78 is 6.65. The van der Waals surface area contributed by atoms with Crippen LogP contribution in [0.5, 0.6) is 11.5 Å². The highest BCUT2D eigenvalue weighted by atomic mass is 127. The van der Waals surface area contributed by atoms with Gasteiger partial charge in [-0.05, 0) is 65.9 Å². The summed E-state index contributed by atoms with van der Waals surface area (Å²) >= 11 is 2.18. The van der Waals surface area contributed by atoms with Crippen molar-refractivity contribution >= 4 is 34.1 Å². The molecule has 0 heterocycles. The number of hydrogen-bond acceptors (Lipinski definition) is 4. The van der Waals surface area contributed by atoms with Crippen LogP contribution in [0.4, 0.5) is 5.69 Å². The van der Waals surface area contributed by atoms with Gasteiger partial charge in [0.05, 0.1) is 10.5 Å². The molecule has 2 rings (SSSR count). The van der Waals surface area contributed by atoms with Crippen LogP contribution in [-0.2, 0) is 0 Å². The van der Waals surface area contributed by atoms with Crippen molar-refractivity contribution in [3.63, 3.8) is 0 Å². The van der Waals surface area contributed by atoms with Crippen LogP contribution in [0.15, 0.2) is 42.5 Å². The van der Waals surface area contributed by atoms with Gasteiger partial charge in [0.15, 0.2) is 5.78 Å². The lowest BCUT2D eigenvalue weighted by Gasteiger charge is -2.07. The number of hydrogen-bond donors (Lipinski definition) is 0. The van der Waals surface area contributed by atoms with Gasteiger partial charge in [-0.15, -0.1) is 0 Å². The third-order valence-electron chi connectivity index (χ3n) is 2.59. The SMILES string of the molecule is CC(=O)c1cc(Oc2ccc(I)cc2)ccc1[N+](=O)[O-]. The molecule has 0 aliphatic rings. The van der Waals surface area contributed by atoms with Crippen LogP contribution in [0.3, 0.4) is 0 Å². The zero-order valence-electron chi connectivity index (χ0n) is 10.5. The molecule has 0 atom stereocenters. The first-order chi connectivity index (χ1) is 9.47. The lowest BCUT2D eigenvalue weighted by Crippen LogP contribution is -2.00. The van der Waals surface area contributed by atoms with Gasteiger partial charge >= 0.3 is 0 Å². The number of nitrogens with zero attached hydrogens (tertiary/aromatic N) is 1. The zero-order valence-corrected chi connectivity index (χ0v) is 12.7. The minimum Gasteiger partial charge on any atom is -0.457 e. The minimum atomic E-state index is -0.578. The molecular formula is C14H10INO4. The Balaban J connectivity index is 2.34. The number of nitro benzene ring substituents is 1. The van der Waals surface area contributed by atoms with Crippen LogP contribution in [-0.4, -0.2) is 10.7 Å². The van der Waals surface area contributed by atoms with Crippen molar-refractivity contribution in [3.05, 3.63) is 61.7 Å². The summed E-state index contributed by atoms with van der Waals surface area (Å²) in [5.41, 5.74) is -0.175. The molecule has 6 heteroatoms. The molecule has 20 heavy (non-hydrogen) atoms. The number of halogens is 1. The molecule has 5 nitrogen and oxygen atoms in total. The Hall–Kier alpha value is -1.96. The van der Waals surface area contributed by atoms with Gasteiger partial charge in [-0.3, -0.25) is 14.9 Å². The summed E-state index contributed by atoms with van der Waals surface area (Å²) in [4.78, 5) is 21.7. The second-order valence-corrected chi connectivity index (χ2v) is 5.29. The molecule has 0 spiro atoms. The highest BCUT2D eigenvalue weighted by Crippen LogP contribution is 2.28. The molecule has 0 N–H and O–H groups in total. The average Bonchev–Trinajstić information content (AvgIpc) is 2.41. The fourth-order valence-electron chi connectivity index (χ4n) is 1.66. The minimum absolute atomic E-state index is 0.0398. The Kier molecular flexibility index (Phi) is 4.33. The summed E-state index contributed by atoms with van der Waals surface area (Å²) in [7, 11) is 0. The van der Waals surface area contributed by atoms with E-state index in [0.717, 1.165) is 3.57 Å². The number of nitro groups is 1. The second kappa shape index (κ2) is 6.00. The number of carbonyl (C=O) groups excluding carboxylic acids is 1. The van der Waals surface area contributed by atoms with E-state index in [1.165, 1.54) is 25.1 Å². The lowest BCUT2D eigenvalue weighted by atomic mass is 10.1. The maximum atomic E-state index is 11.5. The molecule has 0 saturated heterocycles. The third-order valence-corrected chi connectivity index (χ3v) is 3.31. The van der Waals surface area contributed by atoms with Crippen LogP contribution in [0.1, 0.15) is 17.3 Å². The van der Waals surface area contributed by atoms with E-state index in [-0.39, 0.29) is 17.0 Å². The maximum absolute atomic E-state index is 11.5. The molecule has 0 unspecified atom stereocenters. The molecule has 0 aromatic heterocycles. The van der Waals surface area contributed by atoms with Crippen LogP contribution in [0.2, 0.25) is 0 Å². The van der Waals surface area contributed by atoms with E-state index in [2.05, 4.69) is 22.6 Å². The molecule has 102 valence electrons. The quantitative estimate of drug-likeness (QED) is 0.344. The molecule has 0 amide bonds. The predicted molar refractivity (Wildman–Crippen MR) is 82.3 cm³/mol. The monoisotopic (exact) mass is 383 g/mol. The predicted octanol–water partition coefficient (Wildman–Crippen LogP) is 4.19. The highest BCUT2D eigenvalue weighted by molar-refractivity contribution is 14.1. The smallest absolute Gasteiger partial charge is 0.280 e. The Bertz CT molecular complexity index is 667. The number of ether oxygens (including phenoxy) is 1. The Morgan fingerprint density at radius 1 is 1.15 bits per heavy atom. The largest absolute Gasteiger partial charge is 0.457 e. The van der Waals surface area contributed by atoms with Gasteiger partial charge in [0, 0.05) is 9.64 Å². The molecule has 0 aliphatic heterocycles. The normalized spacial score (nSPS) is 10.1. The molecule has 0 bridgehead atoms. The van der Waals surface area contributed by atoms with Crippen LogP contribution >= 0.6 is 22.6 Å². The van der Waals surface area contributed by atoms with E-state index in [9.17, 15) is 14.9 Å². The van der Waals surface area contributed by atoms with Gasteiger partial charge in [-0.25, -0.2) is 0 Å². The van der Waals surface area contributed by atoms with Crippen LogP contribution in [0, 0.1) is 13.7 Å². The maximum Gasteiger partial charge on any atom is 0.280 e. The number of rotatable bonds is 4. The molecule has 0 saturated carbocycles. The van der Waals surface area contributed by atoms with E-state index in [4.69, 9.17) is 4.74 Å². The lowest BCUT2D eigenvalue weighted by molar-refractivity contribution is -0.385. The first-order valence-corrected chi connectivity index (χ1v) is 6.78. The van der Waals surface area contributed by atoms with Gasteiger partial charge < -0.3 is 4.74 Å². The fourth-order valence-corrected chi connectivity index (χ4v) is 2.02. The van der Waals surface area contributed by atoms with Gasteiger partial charge in [0.1, 0.15) is 11.5 Å². The zero-order chi connectivity index (χ0) is 14.7. The van der Waals surface area contributed by atoms with Crippen molar-refractivity contribution in [3.8, 4) is 11.5 Å². The van der Waals surface area contributed by atoms with Gasteiger partial charge in [-0.2, -0.15) is 0 Å². The van der Waals surface area contributed by atoms with Gasteiger partial charge in [0.25, 0.3) is 5.69 Å².